The second-order valence-electron chi connectivity index (χ2n) is 6.30. The molecule has 3 aromatic rings. The van der Waals surface area contributed by atoms with Gasteiger partial charge in [0.1, 0.15) is 11.1 Å². The molecule has 0 fully saturated rings. The molecule has 0 unspecified atom stereocenters. The van der Waals surface area contributed by atoms with Crippen LogP contribution in [0.5, 0.6) is 0 Å². The number of alkyl halides is 3. The standard InChI is InChI=1S/C18H14F3N5O2S2/c1-10(2)26-8-16(28-25-26)24-15(27)9-30-17-11(7-22)12(18(19,20)21)6-13(23-17)14-4-3-5-29-14/h3-6,8,10H,9H2,1-2H3/p+1. The van der Waals surface area contributed by atoms with Crippen molar-refractivity contribution in [3.05, 3.63) is 40.9 Å². The van der Waals surface area contributed by atoms with Gasteiger partial charge in [0.15, 0.2) is 6.04 Å². The van der Waals surface area contributed by atoms with Gasteiger partial charge in [-0.1, -0.05) is 17.8 Å². The number of carbonyl (C=O) groups excluding carboxylic acids is 1. The zero-order chi connectivity index (χ0) is 21.9. The summed E-state index contributed by atoms with van der Waals surface area (Å²) in [6, 6.07) is 5.77. The van der Waals surface area contributed by atoms with Gasteiger partial charge < -0.3 is 0 Å². The first-order valence-electron chi connectivity index (χ1n) is 8.56. The first-order valence-corrected chi connectivity index (χ1v) is 10.4. The quantitative estimate of drug-likeness (QED) is 0.441. The SMILES string of the molecule is CC(C)[n+]1cc(NC(=O)CSc2nc(-c3cccs3)cc(C(F)(F)F)c2C#N)on1. The first-order chi connectivity index (χ1) is 14.2. The van der Waals surface area contributed by atoms with Crippen LogP contribution in [0.2, 0.25) is 0 Å². The molecule has 0 bridgehead atoms. The number of pyridine rings is 1. The lowest BCUT2D eigenvalue weighted by atomic mass is 10.1. The number of nitrogens with one attached hydrogen (secondary N) is 1. The molecule has 3 rings (SSSR count). The number of hydrogen-bond acceptors (Lipinski definition) is 7. The summed E-state index contributed by atoms with van der Waals surface area (Å²) in [6.45, 7) is 3.75. The van der Waals surface area contributed by atoms with E-state index in [1.165, 1.54) is 22.2 Å². The minimum absolute atomic E-state index is 0.0249. The molecule has 0 aromatic carbocycles. The van der Waals surface area contributed by atoms with Crippen molar-refractivity contribution in [3.63, 3.8) is 0 Å². The number of hydrogen-bond donors (Lipinski definition) is 1. The predicted molar refractivity (Wildman–Crippen MR) is 104 cm³/mol. The molecular formula is C18H15F3N5O2S2+. The minimum Gasteiger partial charge on any atom is -0.288 e. The number of carbonyl (C=O) groups is 1. The molecule has 1 amide bonds. The van der Waals surface area contributed by atoms with Gasteiger partial charge in [-0.05, 0) is 36.0 Å². The van der Waals surface area contributed by atoms with E-state index >= 15 is 0 Å². The summed E-state index contributed by atoms with van der Waals surface area (Å²) < 4.78 is 47.0. The molecule has 0 saturated carbocycles. The first kappa shape index (κ1) is 21.8. The number of halogens is 3. The molecule has 3 aromatic heterocycles. The van der Waals surface area contributed by atoms with Crippen molar-refractivity contribution in [2.75, 3.05) is 11.1 Å². The Labute approximate surface area is 177 Å². The van der Waals surface area contributed by atoms with E-state index < -0.39 is 23.2 Å². The molecule has 12 heteroatoms. The molecule has 0 aliphatic rings. The molecule has 0 saturated heterocycles. The van der Waals surface area contributed by atoms with Crippen molar-refractivity contribution < 1.29 is 27.2 Å². The van der Waals surface area contributed by atoms with Crippen LogP contribution < -0.4 is 10.00 Å². The molecule has 0 aliphatic carbocycles. The summed E-state index contributed by atoms with van der Waals surface area (Å²) in [7, 11) is 0. The van der Waals surface area contributed by atoms with Crippen LogP contribution in [0.15, 0.2) is 39.3 Å². The minimum atomic E-state index is -4.73. The third-order valence-electron chi connectivity index (χ3n) is 3.79. The average molecular weight is 454 g/mol. The lowest BCUT2D eigenvalue weighted by Crippen LogP contribution is -2.36. The predicted octanol–water partition coefficient (Wildman–Crippen LogP) is 4.29. The molecule has 0 aliphatic heterocycles. The van der Waals surface area contributed by atoms with Gasteiger partial charge in [-0.15, -0.1) is 11.3 Å². The Morgan fingerprint density at radius 3 is 2.80 bits per heavy atom. The maximum absolute atomic E-state index is 13.5. The van der Waals surface area contributed by atoms with Crippen molar-refractivity contribution in [1.82, 2.24) is 10.3 Å². The van der Waals surface area contributed by atoms with Crippen molar-refractivity contribution in [3.8, 4) is 16.6 Å². The maximum atomic E-state index is 13.5. The van der Waals surface area contributed by atoms with E-state index in [0.29, 0.717) is 4.88 Å². The highest BCUT2D eigenvalue weighted by molar-refractivity contribution is 8.00. The second kappa shape index (κ2) is 8.85. The normalized spacial score (nSPS) is 11.5. The highest BCUT2D eigenvalue weighted by Crippen LogP contribution is 2.38. The van der Waals surface area contributed by atoms with E-state index in [2.05, 4.69) is 15.6 Å². The van der Waals surface area contributed by atoms with Crippen LogP contribution in [0.3, 0.4) is 0 Å². The van der Waals surface area contributed by atoms with Crippen molar-refractivity contribution >= 4 is 34.9 Å². The van der Waals surface area contributed by atoms with Crippen LogP contribution in [-0.4, -0.2) is 21.9 Å². The largest absolute Gasteiger partial charge is 0.417 e. The smallest absolute Gasteiger partial charge is 0.288 e. The fourth-order valence-electron chi connectivity index (χ4n) is 2.37. The highest BCUT2D eigenvalue weighted by Gasteiger charge is 2.36. The summed E-state index contributed by atoms with van der Waals surface area (Å²) in [5, 5.41) is 17.1. The molecule has 0 atom stereocenters. The van der Waals surface area contributed by atoms with Gasteiger partial charge in [0.25, 0.3) is 6.20 Å². The monoisotopic (exact) mass is 454 g/mol. The van der Waals surface area contributed by atoms with E-state index in [4.69, 9.17) is 4.52 Å². The van der Waals surface area contributed by atoms with Gasteiger partial charge in [-0.3, -0.25) is 14.6 Å². The Morgan fingerprint density at radius 1 is 1.47 bits per heavy atom. The Kier molecular flexibility index (Phi) is 6.42. The third kappa shape index (κ3) is 4.98. The average Bonchev–Trinajstić information content (AvgIpc) is 3.37. The maximum Gasteiger partial charge on any atom is 0.417 e. The molecule has 3 heterocycles. The number of nitrogens with zero attached hydrogens (tertiary/aromatic N) is 4. The van der Waals surface area contributed by atoms with E-state index in [0.717, 1.165) is 17.8 Å². The highest BCUT2D eigenvalue weighted by atomic mass is 32.2. The number of aromatic nitrogens is 3. The molecular weight excluding hydrogens is 439 g/mol. The van der Waals surface area contributed by atoms with Crippen LogP contribution >= 0.6 is 23.1 Å². The zero-order valence-electron chi connectivity index (χ0n) is 15.7. The Hall–Kier alpha value is -2.91. The lowest BCUT2D eigenvalue weighted by molar-refractivity contribution is -0.779. The van der Waals surface area contributed by atoms with E-state index in [1.807, 2.05) is 13.8 Å². The third-order valence-corrected chi connectivity index (χ3v) is 5.66. The second-order valence-corrected chi connectivity index (χ2v) is 8.21. The molecule has 0 radical (unpaired) electrons. The van der Waals surface area contributed by atoms with E-state index in [-0.39, 0.29) is 28.4 Å². The van der Waals surface area contributed by atoms with Crippen molar-refractivity contribution in [2.45, 2.75) is 31.1 Å². The van der Waals surface area contributed by atoms with E-state index in [9.17, 15) is 23.2 Å². The van der Waals surface area contributed by atoms with Gasteiger partial charge >= 0.3 is 12.1 Å². The Bertz CT molecular complexity index is 1090. The lowest BCUT2D eigenvalue weighted by Gasteiger charge is -2.13. The van der Waals surface area contributed by atoms with Crippen LogP contribution in [-0.2, 0) is 11.0 Å². The Balaban J connectivity index is 1.84. The van der Waals surface area contributed by atoms with Gasteiger partial charge in [0.05, 0.1) is 27.5 Å². The summed E-state index contributed by atoms with van der Waals surface area (Å²) in [6.07, 6.45) is -3.24. The molecule has 0 spiro atoms. The Morgan fingerprint density at radius 2 is 2.23 bits per heavy atom. The van der Waals surface area contributed by atoms with Crippen LogP contribution in [0.25, 0.3) is 10.6 Å². The fraction of sp³-hybridized carbons (Fsp3) is 0.278. The summed E-state index contributed by atoms with van der Waals surface area (Å²) in [4.78, 5) is 16.9. The number of thioether (sulfide) groups is 1. The molecule has 7 nitrogen and oxygen atoms in total. The number of anilines is 1. The molecule has 1 N–H and O–H groups in total. The van der Waals surface area contributed by atoms with E-state index in [1.54, 1.807) is 23.6 Å². The van der Waals surface area contributed by atoms with Crippen molar-refractivity contribution in [1.29, 1.82) is 5.26 Å². The zero-order valence-corrected chi connectivity index (χ0v) is 17.4. The summed E-state index contributed by atoms with van der Waals surface area (Å²) in [5.74, 6) is -0.700. The van der Waals surface area contributed by atoms with Gasteiger partial charge in [0.2, 0.25) is 11.2 Å². The van der Waals surface area contributed by atoms with Crippen LogP contribution in [0.4, 0.5) is 19.1 Å². The topological polar surface area (TPSA) is 95.7 Å². The number of amides is 1. The van der Waals surface area contributed by atoms with Crippen molar-refractivity contribution in [2.24, 2.45) is 0 Å². The van der Waals surface area contributed by atoms with Gasteiger partial charge in [-0.25, -0.2) is 4.98 Å². The van der Waals surface area contributed by atoms with Crippen LogP contribution in [0.1, 0.15) is 31.0 Å². The fourth-order valence-corrected chi connectivity index (χ4v) is 3.86. The van der Waals surface area contributed by atoms with Gasteiger partial charge in [0, 0.05) is 0 Å². The number of thiophene rings is 1. The summed E-state index contributed by atoms with van der Waals surface area (Å²) in [5.41, 5.74) is -1.61. The molecule has 156 valence electrons. The summed E-state index contributed by atoms with van der Waals surface area (Å²) >= 11 is 1.97. The number of nitriles is 1. The number of rotatable bonds is 6. The van der Waals surface area contributed by atoms with Gasteiger partial charge in [-0.2, -0.15) is 18.4 Å². The van der Waals surface area contributed by atoms with Crippen LogP contribution in [0, 0.1) is 11.3 Å². The molecule has 30 heavy (non-hydrogen) atoms.